The number of hydrogen-bond donors (Lipinski definition) is 1. The third-order valence-corrected chi connectivity index (χ3v) is 3.77. The maximum absolute atomic E-state index is 13.5. The van der Waals surface area contributed by atoms with E-state index in [0.29, 0.717) is 16.7 Å². The number of H-pyrrole nitrogens is 1. The Morgan fingerprint density at radius 2 is 1.81 bits per heavy atom. The van der Waals surface area contributed by atoms with Crippen LogP contribution in [-0.4, -0.2) is 28.3 Å². The highest BCUT2D eigenvalue weighted by Crippen LogP contribution is 2.09. The maximum atomic E-state index is 13.5. The van der Waals surface area contributed by atoms with Gasteiger partial charge in [-0.15, -0.1) is 0 Å². The fourth-order valence-electron chi connectivity index (χ4n) is 2.46. The summed E-state index contributed by atoms with van der Waals surface area (Å²) in [6, 6.07) is 12.4. The van der Waals surface area contributed by atoms with Gasteiger partial charge in [0.15, 0.2) is 6.61 Å². The van der Waals surface area contributed by atoms with Crippen LogP contribution in [-0.2, 0) is 16.0 Å². The second-order valence-corrected chi connectivity index (χ2v) is 5.59. The minimum absolute atomic E-state index is 0.0637. The average molecular weight is 354 g/mol. The number of esters is 1. The number of para-hydroxylation sites is 1. The molecule has 6 nitrogen and oxygen atoms in total. The van der Waals surface area contributed by atoms with E-state index in [9.17, 15) is 18.8 Å². The number of nitrogens with one attached hydrogen (secondary N) is 1. The van der Waals surface area contributed by atoms with Gasteiger partial charge in [0.05, 0.1) is 22.9 Å². The minimum atomic E-state index is -0.661. The van der Waals surface area contributed by atoms with E-state index < -0.39 is 24.2 Å². The average Bonchev–Trinajstić information content (AvgIpc) is 2.65. The van der Waals surface area contributed by atoms with E-state index in [1.54, 1.807) is 24.3 Å². The van der Waals surface area contributed by atoms with Crippen LogP contribution in [0.25, 0.3) is 10.9 Å². The van der Waals surface area contributed by atoms with E-state index in [1.165, 1.54) is 18.2 Å². The van der Waals surface area contributed by atoms with Crippen LogP contribution in [0.1, 0.15) is 22.6 Å². The first-order valence-corrected chi connectivity index (χ1v) is 7.96. The van der Waals surface area contributed by atoms with E-state index >= 15 is 0 Å². The Morgan fingerprint density at radius 3 is 2.62 bits per heavy atom. The highest BCUT2D eigenvalue weighted by atomic mass is 19.1. The van der Waals surface area contributed by atoms with Crippen LogP contribution in [0.2, 0.25) is 0 Å². The third-order valence-electron chi connectivity index (χ3n) is 3.77. The number of Topliss-reactive ketones (excluding diaryl/α,β-unsaturated/α-hetero) is 1. The molecule has 0 saturated heterocycles. The van der Waals surface area contributed by atoms with Crippen molar-refractivity contribution < 1.29 is 18.7 Å². The summed E-state index contributed by atoms with van der Waals surface area (Å²) < 4.78 is 18.4. The van der Waals surface area contributed by atoms with Gasteiger partial charge in [0.2, 0.25) is 5.78 Å². The Balaban J connectivity index is 1.57. The standard InChI is InChI=1S/C19H15FN2O4/c20-14-7-3-1-5-12(14)16(23)11-26-18(24)10-9-17-21-15-8-4-2-6-13(15)19(25)22-17/h1-8H,9-11H2,(H,21,22,25). The molecule has 3 aromatic rings. The van der Waals surface area contributed by atoms with Gasteiger partial charge in [-0.2, -0.15) is 0 Å². The van der Waals surface area contributed by atoms with Crippen LogP contribution in [0, 0.1) is 5.82 Å². The molecule has 0 bridgehead atoms. The molecule has 0 fully saturated rings. The lowest BCUT2D eigenvalue weighted by Gasteiger charge is -2.05. The second kappa shape index (κ2) is 7.69. The molecule has 26 heavy (non-hydrogen) atoms. The fourth-order valence-corrected chi connectivity index (χ4v) is 2.46. The van der Waals surface area contributed by atoms with Crippen LogP contribution in [0.3, 0.4) is 0 Å². The summed E-state index contributed by atoms with van der Waals surface area (Å²) in [7, 11) is 0. The number of carbonyl (C=O) groups excluding carboxylic acids is 2. The molecule has 3 rings (SSSR count). The van der Waals surface area contributed by atoms with Gasteiger partial charge in [0.1, 0.15) is 11.6 Å². The van der Waals surface area contributed by atoms with Crippen molar-refractivity contribution in [3.8, 4) is 0 Å². The van der Waals surface area contributed by atoms with E-state index in [4.69, 9.17) is 4.74 Å². The van der Waals surface area contributed by atoms with Crippen molar-refractivity contribution >= 4 is 22.7 Å². The summed E-state index contributed by atoms with van der Waals surface area (Å²) >= 11 is 0. The molecule has 0 unspecified atom stereocenters. The van der Waals surface area contributed by atoms with Gasteiger partial charge in [-0.05, 0) is 24.3 Å². The van der Waals surface area contributed by atoms with Crippen molar-refractivity contribution in [3.63, 3.8) is 0 Å². The van der Waals surface area contributed by atoms with Gasteiger partial charge >= 0.3 is 5.97 Å². The number of ether oxygens (including phenoxy) is 1. The number of halogens is 1. The highest BCUT2D eigenvalue weighted by molar-refractivity contribution is 5.98. The first-order chi connectivity index (χ1) is 12.5. The first kappa shape index (κ1) is 17.5. The molecule has 7 heteroatoms. The van der Waals surface area contributed by atoms with Crippen LogP contribution in [0.15, 0.2) is 53.3 Å². The number of benzene rings is 2. The number of aromatic nitrogens is 2. The molecular formula is C19H15FN2O4. The van der Waals surface area contributed by atoms with Gasteiger partial charge in [-0.1, -0.05) is 24.3 Å². The lowest BCUT2D eigenvalue weighted by Crippen LogP contribution is -2.17. The molecule has 0 aliphatic heterocycles. The molecule has 0 radical (unpaired) electrons. The molecule has 0 aliphatic carbocycles. The maximum Gasteiger partial charge on any atom is 0.306 e. The Morgan fingerprint density at radius 1 is 1.08 bits per heavy atom. The van der Waals surface area contributed by atoms with Gasteiger partial charge in [-0.25, -0.2) is 9.37 Å². The molecule has 0 spiro atoms. The number of nitrogens with zero attached hydrogens (tertiary/aromatic N) is 1. The second-order valence-electron chi connectivity index (χ2n) is 5.59. The summed E-state index contributed by atoms with van der Waals surface area (Å²) in [4.78, 5) is 42.5. The van der Waals surface area contributed by atoms with E-state index in [0.717, 1.165) is 6.07 Å². The topological polar surface area (TPSA) is 89.1 Å². The molecule has 1 aromatic heterocycles. The number of hydrogen-bond acceptors (Lipinski definition) is 5. The molecule has 0 aliphatic rings. The Labute approximate surface area is 147 Å². The fraction of sp³-hybridized carbons (Fsp3) is 0.158. The minimum Gasteiger partial charge on any atom is -0.457 e. The van der Waals surface area contributed by atoms with Crippen molar-refractivity contribution in [1.82, 2.24) is 9.97 Å². The Kier molecular flexibility index (Phi) is 5.17. The van der Waals surface area contributed by atoms with Crippen LogP contribution < -0.4 is 5.56 Å². The molecule has 1 heterocycles. The quantitative estimate of drug-likeness (QED) is 0.542. The van der Waals surface area contributed by atoms with Crippen LogP contribution in [0.4, 0.5) is 4.39 Å². The summed E-state index contributed by atoms with van der Waals surface area (Å²) in [6.45, 7) is -0.540. The van der Waals surface area contributed by atoms with Gasteiger partial charge < -0.3 is 9.72 Å². The molecule has 2 aromatic carbocycles. The van der Waals surface area contributed by atoms with E-state index in [2.05, 4.69) is 9.97 Å². The molecule has 0 saturated carbocycles. The number of ketones is 1. The van der Waals surface area contributed by atoms with Crippen molar-refractivity contribution in [1.29, 1.82) is 0 Å². The zero-order valence-corrected chi connectivity index (χ0v) is 13.7. The Hall–Kier alpha value is -3.35. The highest BCUT2D eigenvalue weighted by Gasteiger charge is 2.14. The SMILES string of the molecule is O=C(CCc1nc2ccccc2c(=O)[nH]1)OCC(=O)c1ccccc1F. The summed E-state index contributed by atoms with van der Waals surface area (Å²) in [6.07, 6.45) is 0.0959. The van der Waals surface area contributed by atoms with Gasteiger partial charge in [-0.3, -0.25) is 14.4 Å². The van der Waals surface area contributed by atoms with E-state index in [-0.39, 0.29) is 24.0 Å². The molecule has 0 atom stereocenters. The number of aromatic amines is 1. The summed E-state index contributed by atoms with van der Waals surface area (Å²) in [5.74, 6) is -1.56. The molecule has 0 amide bonds. The molecule has 132 valence electrons. The van der Waals surface area contributed by atoms with Crippen molar-refractivity contribution in [2.75, 3.05) is 6.61 Å². The number of aryl methyl sites for hydroxylation is 1. The third kappa shape index (κ3) is 4.00. The number of fused-ring (bicyclic) bond motifs is 1. The normalized spacial score (nSPS) is 10.7. The number of rotatable bonds is 6. The first-order valence-electron chi connectivity index (χ1n) is 7.96. The molecule has 1 N–H and O–H groups in total. The molecular weight excluding hydrogens is 339 g/mol. The summed E-state index contributed by atoms with van der Waals surface area (Å²) in [5, 5.41) is 0.467. The monoisotopic (exact) mass is 354 g/mol. The van der Waals surface area contributed by atoms with Crippen molar-refractivity contribution in [2.45, 2.75) is 12.8 Å². The van der Waals surface area contributed by atoms with Crippen LogP contribution >= 0.6 is 0 Å². The smallest absolute Gasteiger partial charge is 0.306 e. The zero-order chi connectivity index (χ0) is 18.5. The van der Waals surface area contributed by atoms with Gasteiger partial charge in [0, 0.05) is 6.42 Å². The van der Waals surface area contributed by atoms with Crippen molar-refractivity contribution in [3.05, 3.63) is 76.1 Å². The van der Waals surface area contributed by atoms with Gasteiger partial charge in [0.25, 0.3) is 5.56 Å². The largest absolute Gasteiger partial charge is 0.457 e. The van der Waals surface area contributed by atoms with E-state index in [1.807, 2.05) is 0 Å². The number of carbonyl (C=O) groups is 2. The zero-order valence-electron chi connectivity index (χ0n) is 13.7. The van der Waals surface area contributed by atoms with Crippen LogP contribution in [0.5, 0.6) is 0 Å². The predicted molar refractivity (Wildman–Crippen MR) is 92.4 cm³/mol. The summed E-state index contributed by atoms with van der Waals surface area (Å²) in [5.41, 5.74) is 0.129. The lowest BCUT2D eigenvalue weighted by molar-refractivity contribution is -0.142. The Bertz CT molecular complexity index is 1030. The van der Waals surface area contributed by atoms with Crippen molar-refractivity contribution in [2.24, 2.45) is 0 Å². The lowest BCUT2D eigenvalue weighted by atomic mass is 10.1. The predicted octanol–water partition coefficient (Wildman–Crippen LogP) is 2.42.